The number of carbonyl (C=O) groups excluding carboxylic acids is 1. The molecule has 1 aromatic carbocycles. The zero-order valence-electron chi connectivity index (χ0n) is 17.0. The van der Waals surface area contributed by atoms with E-state index in [1.165, 1.54) is 44.0 Å². The standard InChI is InChI=1S/C23H35N3O/c1-3-19(4-2)23(27)24-16-14-22-25-20-12-8-9-13-21(20)26(22)17-15-18-10-6-5-7-11-18/h8-9,12-13,18-19H,3-7,10-11,14-17H2,1-2H3,(H,24,27). The zero-order chi connectivity index (χ0) is 19.1. The number of nitrogens with one attached hydrogen (secondary N) is 1. The second kappa shape index (κ2) is 9.91. The van der Waals surface area contributed by atoms with Crippen molar-refractivity contribution in [1.82, 2.24) is 14.9 Å². The molecule has 0 atom stereocenters. The number of aromatic nitrogens is 2. The highest BCUT2D eigenvalue weighted by Crippen LogP contribution is 2.28. The van der Waals surface area contributed by atoms with Crippen LogP contribution >= 0.6 is 0 Å². The van der Waals surface area contributed by atoms with Gasteiger partial charge in [0.15, 0.2) is 0 Å². The van der Waals surface area contributed by atoms with Gasteiger partial charge in [0.2, 0.25) is 5.91 Å². The van der Waals surface area contributed by atoms with E-state index >= 15 is 0 Å². The summed E-state index contributed by atoms with van der Waals surface area (Å²) in [7, 11) is 0. The largest absolute Gasteiger partial charge is 0.355 e. The maximum Gasteiger partial charge on any atom is 0.223 e. The minimum absolute atomic E-state index is 0.134. The lowest BCUT2D eigenvalue weighted by Gasteiger charge is -2.22. The van der Waals surface area contributed by atoms with E-state index in [9.17, 15) is 4.79 Å². The van der Waals surface area contributed by atoms with Gasteiger partial charge in [-0.3, -0.25) is 4.79 Å². The number of nitrogens with zero attached hydrogens (tertiary/aromatic N) is 2. The van der Waals surface area contributed by atoms with Gasteiger partial charge >= 0.3 is 0 Å². The van der Waals surface area contributed by atoms with E-state index in [-0.39, 0.29) is 11.8 Å². The Morgan fingerprint density at radius 2 is 1.93 bits per heavy atom. The van der Waals surface area contributed by atoms with E-state index in [2.05, 4.69) is 48.0 Å². The lowest BCUT2D eigenvalue weighted by Crippen LogP contribution is -2.32. The Hall–Kier alpha value is -1.84. The first-order valence-electron chi connectivity index (χ1n) is 10.9. The van der Waals surface area contributed by atoms with Crippen molar-refractivity contribution in [3.8, 4) is 0 Å². The van der Waals surface area contributed by atoms with Gasteiger partial charge in [-0.1, -0.05) is 58.1 Å². The summed E-state index contributed by atoms with van der Waals surface area (Å²) in [6.07, 6.45) is 10.8. The Kier molecular flexibility index (Phi) is 7.31. The first-order chi connectivity index (χ1) is 13.2. The molecule has 1 saturated carbocycles. The van der Waals surface area contributed by atoms with E-state index < -0.39 is 0 Å². The van der Waals surface area contributed by atoms with E-state index in [0.717, 1.165) is 43.1 Å². The Morgan fingerprint density at radius 3 is 2.67 bits per heavy atom. The number of hydrogen-bond acceptors (Lipinski definition) is 2. The molecular formula is C23H35N3O. The van der Waals surface area contributed by atoms with Crippen LogP contribution in [0, 0.1) is 11.8 Å². The van der Waals surface area contributed by atoms with Crippen molar-refractivity contribution >= 4 is 16.9 Å². The van der Waals surface area contributed by atoms with Gasteiger partial charge in [0.25, 0.3) is 0 Å². The van der Waals surface area contributed by atoms with Crippen molar-refractivity contribution in [2.24, 2.45) is 11.8 Å². The smallest absolute Gasteiger partial charge is 0.223 e. The molecule has 4 nitrogen and oxygen atoms in total. The summed E-state index contributed by atoms with van der Waals surface area (Å²) in [6.45, 7) is 5.87. The van der Waals surface area contributed by atoms with Crippen LogP contribution in [0.4, 0.5) is 0 Å². The predicted octanol–water partition coefficient (Wildman–Crippen LogP) is 5.10. The first kappa shape index (κ1) is 19.9. The topological polar surface area (TPSA) is 46.9 Å². The third-order valence-corrected chi connectivity index (χ3v) is 6.22. The van der Waals surface area contributed by atoms with Crippen LogP contribution in [0.25, 0.3) is 11.0 Å². The molecule has 1 heterocycles. The predicted molar refractivity (Wildman–Crippen MR) is 112 cm³/mol. The number of aryl methyl sites for hydroxylation is 1. The van der Waals surface area contributed by atoms with E-state index in [1.807, 2.05) is 0 Å². The summed E-state index contributed by atoms with van der Waals surface area (Å²) in [5.41, 5.74) is 2.30. The second-order valence-electron chi connectivity index (χ2n) is 8.02. The third kappa shape index (κ3) is 5.12. The molecule has 0 radical (unpaired) electrons. The molecule has 3 rings (SSSR count). The molecule has 0 bridgehead atoms. The van der Waals surface area contributed by atoms with Crippen molar-refractivity contribution in [2.45, 2.75) is 78.2 Å². The maximum atomic E-state index is 12.2. The van der Waals surface area contributed by atoms with Gasteiger partial charge in [-0.05, 0) is 37.3 Å². The molecule has 1 fully saturated rings. The van der Waals surface area contributed by atoms with Crippen LogP contribution in [0.2, 0.25) is 0 Å². The first-order valence-corrected chi connectivity index (χ1v) is 10.9. The molecule has 1 aliphatic carbocycles. The Labute approximate surface area is 163 Å². The summed E-state index contributed by atoms with van der Waals surface area (Å²) >= 11 is 0. The molecule has 0 spiro atoms. The molecule has 0 saturated heterocycles. The molecule has 4 heteroatoms. The SMILES string of the molecule is CCC(CC)C(=O)NCCc1nc2ccccc2n1CCC1CCCCC1. The summed E-state index contributed by atoms with van der Waals surface area (Å²) < 4.78 is 2.40. The molecule has 2 aromatic rings. The molecule has 1 N–H and O–H groups in total. The Bertz CT molecular complexity index is 726. The average Bonchev–Trinajstić information content (AvgIpc) is 3.05. The highest BCUT2D eigenvalue weighted by molar-refractivity contribution is 5.78. The lowest BCUT2D eigenvalue weighted by molar-refractivity contribution is -0.125. The van der Waals surface area contributed by atoms with Gasteiger partial charge in [0.05, 0.1) is 11.0 Å². The van der Waals surface area contributed by atoms with Crippen LogP contribution in [0.5, 0.6) is 0 Å². The Balaban J connectivity index is 1.65. The number of para-hydroxylation sites is 2. The van der Waals surface area contributed by atoms with Crippen LogP contribution in [0.3, 0.4) is 0 Å². The lowest BCUT2D eigenvalue weighted by atomic mass is 9.87. The van der Waals surface area contributed by atoms with Crippen molar-refractivity contribution in [3.63, 3.8) is 0 Å². The third-order valence-electron chi connectivity index (χ3n) is 6.22. The zero-order valence-corrected chi connectivity index (χ0v) is 17.0. The average molecular weight is 370 g/mol. The number of rotatable bonds is 9. The van der Waals surface area contributed by atoms with E-state index in [4.69, 9.17) is 4.98 Å². The van der Waals surface area contributed by atoms with Crippen LogP contribution in [0.15, 0.2) is 24.3 Å². The van der Waals surface area contributed by atoms with Gasteiger partial charge in [-0.2, -0.15) is 0 Å². The van der Waals surface area contributed by atoms with Crippen LogP contribution in [-0.2, 0) is 17.8 Å². The summed E-state index contributed by atoms with van der Waals surface area (Å²) in [4.78, 5) is 17.1. The second-order valence-corrected chi connectivity index (χ2v) is 8.02. The number of amides is 1. The minimum Gasteiger partial charge on any atom is -0.355 e. The monoisotopic (exact) mass is 369 g/mol. The summed E-state index contributed by atoms with van der Waals surface area (Å²) in [5, 5.41) is 3.12. The number of fused-ring (bicyclic) bond motifs is 1. The number of imidazole rings is 1. The van der Waals surface area contributed by atoms with E-state index in [1.54, 1.807) is 0 Å². The van der Waals surface area contributed by atoms with Gasteiger partial charge in [-0.15, -0.1) is 0 Å². The molecule has 148 valence electrons. The fourth-order valence-corrected chi connectivity index (χ4v) is 4.45. The van der Waals surface area contributed by atoms with Gasteiger partial charge in [-0.25, -0.2) is 4.98 Å². The highest BCUT2D eigenvalue weighted by Gasteiger charge is 2.17. The van der Waals surface area contributed by atoms with Gasteiger partial charge < -0.3 is 9.88 Å². The normalized spacial score (nSPS) is 15.5. The highest BCUT2D eigenvalue weighted by atomic mass is 16.1. The Morgan fingerprint density at radius 1 is 1.19 bits per heavy atom. The quantitative estimate of drug-likeness (QED) is 0.668. The number of benzene rings is 1. The number of carbonyl (C=O) groups is 1. The minimum atomic E-state index is 0.134. The molecule has 0 aliphatic heterocycles. The van der Waals surface area contributed by atoms with Crippen LogP contribution in [0.1, 0.15) is 71.0 Å². The maximum absolute atomic E-state index is 12.2. The summed E-state index contributed by atoms with van der Waals surface area (Å²) in [6, 6.07) is 8.42. The van der Waals surface area contributed by atoms with Crippen LogP contribution in [-0.4, -0.2) is 22.0 Å². The molecule has 1 aromatic heterocycles. The summed E-state index contributed by atoms with van der Waals surface area (Å²) in [5.74, 6) is 2.29. The van der Waals surface area contributed by atoms with E-state index in [0.29, 0.717) is 6.54 Å². The van der Waals surface area contributed by atoms with Crippen molar-refractivity contribution in [2.75, 3.05) is 6.54 Å². The fourth-order valence-electron chi connectivity index (χ4n) is 4.45. The van der Waals surface area contributed by atoms with Crippen molar-refractivity contribution < 1.29 is 4.79 Å². The fraction of sp³-hybridized carbons (Fsp3) is 0.652. The molecule has 1 aliphatic rings. The van der Waals surface area contributed by atoms with Crippen molar-refractivity contribution in [1.29, 1.82) is 0 Å². The van der Waals surface area contributed by atoms with Crippen LogP contribution < -0.4 is 5.32 Å². The number of hydrogen-bond donors (Lipinski definition) is 1. The molecule has 1 amide bonds. The van der Waals surface area contributed by atoms with Crippen molar-refractivity contribution in [3.05, 3.63) is 30.1 Å². The molecule has 0 unspecified atom stereocenters. The van der Waals surface area contributed by atoms with Gasteiger partial charge in [0, 0.05) is 25.4 Å². The van der Waals surface area contributed by atoms with Gasteiger partial charge in [0.1, 0.15) is 5.82 Å². The molecular weight excluding hydrogens is 334 g/mol. The molecule has 27 heavy (non-hydrogen) atoms.